The molecule has 2 aliphatic rings. The fourth-order valence-corrected chi connectivity index (χ4v) is 4.65. The molecule has 194 valence electrons. The predicted octanol–water partition coefficient (Wildman–Crippen LogP) is 4.18. The van der Waals surface area contributed by atoms with E-state index in [9.17, 15) is 22.8 Å². The van der Waals surface area contributed by atoms with E-state index in [-0.39, 0.29) is 48.8 Å². The standard InChI is InChI=1S/C24H27F3N4O5/c25-24(26,27)9-11-36-23-29-20(28)19-21(30-23)35-12-10-31(22(19)34)17-7-5-16(6-8-17)15-3-1-14(2-4-15)13-18(32)33/h5-8,14-15H,1-4,9-13H2,(H,32,33)(H2,28,29,30). The van der Waals surface area contributed by atoms with E-state index in [2.05, 4.69) is 9.97 Å². The smallest absolute Gasteiger partial charge is 0.392 e. The summed E-state index contributed by atoms with van der Waals surface area (Å²) in [6.45, 7) is -0.388. The van der Waals surface area contributed by atoms with E-state index in [1.54, 1.807) is 0 Å². The first kappa shape index (κ1) is 25.5. The molecule has 2 aromatic rings. The largest absolute Gasteiger partial charge is 0.481 e. The van der Waals surface area contributed by atoms with E-state index in [1.807, 2.05) is 24.3 Å². The van der Waals surface area contributed by atoms with Crippen molar-refractivity contribution >= 4 is 23.4 Å². The number of carbonyl (C=O) groups is 2. The van der Waals surface area contributed by atoms with Crippen molar-refractivity contribution in [3.8, 4) is 11.9 Å². The molecule has 2 heterocycles. The number of nitrogens with zero attached hydrogens (tertiary/aromatic N) is 3. The predicted molar refractivity (Wildman–Crippen MR) is 123 cm³/mol. The molecule has 0 unspecified atom stereocenters. The summed E-state index contributed by atoms with van der Waals surface area (Å²) in [6.07, 6.45) is -1.78. The van der Waals surface area contributed by atoms with Crippen LogP contribution in [0.4, 0.5) is 24.7 Å². The average molecular weight is 508 g/mol. The Hall–Kier alpha value is -3.57. The number of carboxylic acid groups (broad SMARTS) is 1. The van der Waals surface area contributed by atoms with Gasteiger partial charge in [0, 0.05) is 12.1 Å². The number of rotatable bonds is 7. The van der Waals surface area contributed by atoms with Crippen LogP contribution in [0.5, 0.6) is 11.9 Å². The van der Waals surface area contributed by atoms with Gasteiger partial charge in [-0.1, -0.05) is 12.1 Å². The monoisotopic (exact) mass is 508 g/mol. The van der Waals surface area contributed by atoms with Crippen LogP contribution in [0.15, 0.2) is 24.3 Å². The number of halogens is 3. The third kappa shape index (κ3) is 6.16. The van der Waals surface area contributed by atoms with E-state index in [1.165, 1.54) is 4.90 Å². The van der Waals surface area contributed by atoms with Gasteiger partial charge in [-0.3, -0.25) is 9.59 Å². The first-order valence-electron chi connectivity index (χ1n) is 11.7. The SMILES string of the molecule is Nc1nc(OCCC(F)(F)F)nc2c1C(=O)N(c1ccc(C3CCC(CC(=O)O)CC3)cc1)CCO2. The lowest BCUT2D eigenvalue weighted by Crippen LogP contribution is -2.32. The Labute approximate surface area is 205 Å². The lowest BCUT2D eigenvalue weighted by Gasteiger charge is -2.28. The van der Waals surface area contributed by atoms with Crippen LogP contribution in [-0.4, -0.2) is 52.9 Å². The number of aromatic nitrogens is 2. The number of benzene rings is 1. The number of carbonyl (C=O) groups excluding carboxylic acids is 1. The number of carboxylic acids is 1. The molecule has 0 saturated heterocycles. The lowest BCUT2D eigenvalue weighted by atomic mass is 9.77. The van der Waals surface area contributed by atoms with E-state index >= 15 is 0 Å². The third-order valence-electron chi connectivity index (χ3n) is 6.50. The molecule has 4 rings (SSSR count). The second-order valence-electron chi connectivity index (χ2n) is 9.00. The molecule has 12 heteroatoms. The van der Waals surface area contributed by atoms with Gasteiger partial charge in [-0.15, -0.1) is 0 Å². The van der Waals surface area contributed by atoms with Crippen LogP contribution in [0, 0.1) is 5.92 Å². The van der Waals surface area contributed by atoms with E-state index in [0.29, 0.717) is 11.6 Å². The van der Waals surface area contributed by atoms with Crippen molar-refractivity contribution in [3.63, 3.8) is 0 Å². The number of nitrogens with two attached hydrogens (primary N) is 1. The molecule has 1 saturated carbocycles. The van der Waals surface area contributed by atoms with E-state index in [4.69, 9.17) is 20.3 Å². The summed E-state index contributed by atoms with van der Waals surface area (Å²) in [5.74, 6) is -1.06. The molecular weight excluding hydrogens is 481 g/mol. The molecule has 0 radical (unpaired) electrons. The number of ether oxygens (including phenoxy) is 2. The second-order valence-corrected chi connectivity index (χ2v) is 9.00. The fraction of sp³-hybridized carbons (Fsp3) is 0.500. The zero-order chi connectivity index (χ0) is 25.9. The molecule has 1 fully saturated rings. The minimum Gasteiger partial charge on any atom is -0.481 e. The van der Waals surface area contributed by atoms with Crippen molar-refractivity contribution in [2.75, 3.05) is 30.4 Å². The Bertz CT molecular complexity index is 1100. The zero-order valence-electron chi connectivity index (χ0n) is 19.5. The van der Waals surface area contributed by atoms with Gasteiger partial charge in [-0.2, -0.15) is 23.1 Å². The van der Waals surface area contributed by atoms with Crippen molar-refractivity contribution in [2.45, 2.75) is 50.6 Å². The van der Waals surface area contributed by atoms with Gasteiger partial charge in [-0.25, -0.2) is 0 Å². The Morgan fingerprint density at radius 1 is 1.17 bits per heavy atom. The maximum atomic E-state index is 13.3. The van der Waals surface area contributed by atoms with Crippen LogP contribution >= 0.6 is 0 Å². The van der Waals surface area contributed by atoms with Crippen molar-refractivity contribution in [2.24, 2.45) is 5.92 Å². The number of amides is 1. The molecule has 0 bridgehead atoms. The summed E-state index contributed by atoms with van der Waals surface area (Å²) in [5.41, 5.74) is 7.64. The Morgan fingerprint density at radius 3 is 2.50 bits per heavy atom. The van der Waals surface area contributed by atoms with Crippen molar-refractivity contribution in [3.05, 3.63) is 35.4 Å². The van der Waals surface area contributed by atoms with Crippen molar-refractivity contribution in [1.82, 2.24) is 9.97 Å². The Balaban J connectivity index is 1.44. The number of fused-ring (bicyclic) bond motifs is 1. The summed E-state index contributed by atoms with van der Waals surface area (Å²) < 4.78 is 47.6. The highest BCUT2D eigenvalue weighted by Crippen LogP contribution is 2.38. The molecule has 1 aliphatic heterocycles. The molecule has 1 aromatic heterocycles. The maximum absolute atomic E-state index is 13.3. The lowest BCUT2D eigenvalue weighted by molar-refractivity contribution is -0.140. The van der Waals surface area contributed by atoms with Crippen molar-refractivity contribution in [1.29, 1.82) is 0 Å². The van der Waals surface area contributed by atoms with Crippen LogP contribution in [0.25, 0.3) is 0 Å². The van der Waals surface area contributed by atoms with Crippen LogP contribution in [0.1, 0.15) is 60.4 Å². The highest BCUT2D eigenvalue weighted by molar-refractivity contribution is 6.10. The molecule has 36 heavy (non-hydrogen) atoms. The molecular formula is C24H27F3N4O5. The topological polar surface area (TPSA) is 128 Å². The number of anilines is 2. The number of alkyl halides is 3. The fourth-order valence-electron chi connectivity index (χ4n) is 4.65. The summed E-state index contributed by atoms with van der Waals surface area (Å²) in [4.78, 5) is 33.5. The zero-order valence-corrected chi connectivity index (χ0v) is 19.5. The highest BCUT2D eigenvalue weighted by Gasteiger charge is 2.31. The van der Waals surface area contributed by atoms with Crippen LogP contribution in [0.3, 0.4) is 0 Å². The molecule has 0 spiro atoms. The first-order chi connectivity index (χ1) is 17.1. The van der Waals surface area contributed by atoms with Gasteiger partial charge in [0.05, 0.1) is 13.0 Å². The quantitative estimate of drug-likeness (QED) is 0.570. The Morgan fingerprint density at radius 2 is 1.86 bits per heavy atom. The molecule has 3 N–H and O–H groups in total. The molecule has 9 nitrogen and oxygen atoms in total. The van der Waals surface area contributed by atoms with Crippen LogP contribution in [0.2, 0.25) is 0 Å². The summed E-state index contributed by atoms with van der Waals surface area (Å²) in [7, 11) is 0. The second kappa shape index (κ2) is 10.6. The van der Waals surface area contributed by atoms with Gasteiger partial charge < -0.3 is 25.2 Å². The Kier molecular flexibility index (Phi) is 7.51. The van der Waals surface area contributed by atoms with Gasteiger partial charge in [0.1, 0.15) is 24.6 Å². The van der Waals surface area contributed by atoms with Crippen LogP contribution < -0.4 is 20.1 Å². The minimum absolute atomic E-state index is 0.0727. The third-order valence-corrected chi connectivity index (χ3v) is 6.50. The summed E-state index contributed by atoms with van der Waals surface area (Å²) in [6, 6.07) is 7.23. The molecule has 0 atom stereocenters. The molecule has 1 aromatic carbocycles. The maximum Gasteiger partial charge on any atom is 0.392 e. The average Bonchev–Trinajstić information content (AvgIpc) is 2.97. The van der Waals surface area contributed by atoms with Gasteiger partial charge in [-0.05, 0) is 55.2 Å². The normalized spacial score (nSPS) is 20.3. The minimum atomic E-state index is -4.39. The number of hydrogen-bond acceptors (Lipinski definition) is 7. The highest BCUT2D eigenvalue weighted by atomic mass is 19.4. The summed E-state index contributed by atoms with van der Waals surface area (Å²) in [5, 5.41) is 9.00. The van der Waals surface area contributed by atoms with E-state index < -0.39 is 31.1 Å². The van der Waals surface area contributed by atoms with Gasteiger partial charge >= 0.3 is 18.2 Å². The van der Waals surface area contributed by atoms with Crippen LogP contribution in [-0.2, 0) is 4.79 Å². The van der Waals surface area contributed by atoms with E-state index in [0.717, 1.165) is 31.2 Å². The summed E-state index contributed by atoms with van der Waals surface area (Å²) >= 11 is 0. The van der Waals surface area contributed by atoms with Crippen molar-refractivity contribution < 1.29 is 37.3 Å². The molecule has 1 amide bonds. The van der Waals surface area contributed by atoms with Gasteiger partial charge in [0.25, 0.3) is 5.91 Å². The van der Waals surface area contributed by atoms with Gasteiger partial charge in [0.15, 0.2) is 0 Å². The number of nitrogen functional groups attached to an aromatic ring is 1. The number of aliphatic carboxylic acids is 1. The number of hydrogen-bond donors (Lipinski definition) is 2. The first-order valence-corrected chi connectivity index (χ1v) is 11.7. The van der Waals surface area contributed by atoms with Gasteiger partial charge in [0.2, 0.25) is 5.88 Å². The molecule has 1 aliphatic carbocycles.